The summed E-state index contributed by atoms with van der Waals surface area (Å²) >= 11 is 0. The second-order valence-electron chi connectivity index (χ2n) is 4.06. The largest absolute Gasteiger partial charge is 0.322 e. The molecule has 0 bridgehead atoms. The fourth-order valence-corrected chi connectivity index (χ4v) is 2.09. The summed E-state index contributed by atoms with van der Waals surface area (Å²) in [7, 11) is 0. The molecule has 1 unspecified atom stereocenters. The molecule has 2 N–H and O–H groups in total. The molecule has 2 rings (SSSR count). The molecule has 0 saturated heterocycles. The Labute approximate surface area is 83.7 Å². The van der Waals surface area contributed by atoms with Crippen molar-refractivity contribution in [3.05, 3.63) is 5.82 Å². The van der Waals surface area contributed by atoms with Gasteiger partial charge in [-0.25, -0.2) is 4.68 Å². The second-order valence-corrected chi connectivity index (χ2v) is 4.06. The highest BCUT2D eigenvalue weighted by atomic mass is 15.6. The maximum atomic E-state index is 5.80. The quantitative estimate of drug-likeness (QED) is 0.769. The van der Waals surface area contributed by atoms with Crippen LogP contribution in [0.2, 0.25) is 0 Å². The van der Waals surface area contributed by atoms with E-state index in [4.69, 9.17) is 5.73 Å². The average Bonchev–Trinajstić information content (AvgIpc) is 2.67. The SMILES string of the molecule is CC(N)c1nnnn1C1CCCCC1. The van der Waals surface area contributed by atoms with Crippen molar-refractivity contribution < 1.29 is 0 Å². The summed E-state index contributed by atoms with van der Waals surface area (Å²) in [4.78, 5) is 0. The molecule has 1 fully saturated rings. The Morgan fingerprint density at radius 1 is 1.36 bits per heavy atom. The molecule has 5 heteroatoms. The van der Waals surface area contributed by atoms with Crippen LogP contribution in [0.5, 0.6) is 0 Å². The molecule has 1 saturated carbocycles. The van der Waals surface area contributed by atoms with Gasteiger partial charge in [0.1, 0.15) is 0 Å². The minimum Gasteiger partial charge on any atom is -0.322 e. The Morgan fingerprint density at radius 2 is 2.07 bits per heavy atom. The number of tetrazole rings is 1. The van der Waals surface area contributed by atoms with Gasteiger partial charge in [0, 0.05) is 0 Å². The summed E-state index contributed by atoms with van der Waals surface area (Å²) in [6, 6.07) is 0.395. The van der Waals surface area contributed by atoms with Gasteiger partial charge in [-0.1, -0.05) is 19.3 Å². The van der Waals surface area contributed by atoms with Crippen molar-refractivity contribution in [2.45, 2.75) is 51.1 Å². The highest BCUT2D eigenvalue weighted by Crippen LogP contribution is 2.28. The van der Waals surface area contributed by atoms with E-state index < -0.39 is 0 Å². The fraction of sp³-hybridized carbons (Fsp3) is 0.889. The Hall–Kier alpha value is -0.970. The summed E-state index contributed by atoms with van der Waals surface area (Å²) < 4.78 is 1.92. The van der Waals surface area contributed by atoms with E-state index in [1.165, 1.54) is 32.1 Å². The Morgan fingerprint density at radius 3 is 2.71 bits per heavy atom. The third kappa shape index (κ3) is 1.77. The van der Waals surface area contributed by atoms with Crippen LogP contribution < -0.4 is 5.73 Å². The number of aromatic nitrogens is 4. The standard InChI is InChI=1S/C9H17N5/c1-7(10)9-11-12-13-14(9)8-5-3-2-4-6-8/h7-8H,2-6,10H2,1H3. The molecule has 0 aromatic carbocycles. The van der Waals surface area contributed by atoms with Crippen LogP contribution in [0.1, 0.15) is 56.9 Å². The van der Waals surface area contributed by atoms with Gasteiger partial charge in [-0.15, -0.1) is 5.10 Å². The van der Waals surface area contributed by atoms with Gasteiger partial charge in [0.15, 0.2) is 5.82 Å². The molecule has 5 nitrogen and oxygen atoms in total. The predicted octanol–water partition coefficient (Wildman–Crippen LogP) is 1.20. The van der Waals surface area contributed by atoms with Gasteiger partial charge in [0.2, 0.25) is 0 Å². The van der Waals surface area contributed by atoms with Crippen molar-refractivity contribution in [3.8, 4) is 0 Å². The number of hydrogen-bond donors (Lipinski definition) is 1. The van der Waals surface area contributed by atoms with Gasteiger partial charge in [-0.2, -0.15) is 0 Å². The third-order valence-electron chi connectivity index (χ3n) is 2.85. The molecule has 1 atom stereocenters. The van der Waals surface area contributed by atoms with Crippen molar-refractivity contribution in [1.29, 1.82) is 0 Å². The van der Waals surface area contributed by atoms with Gasteiger partial charge >= 0.3 is 0 Å². The molecule has 78 valence electrons. The van der Waals surface area contributed by atoms with E-state index in [-0.39, 0.29) is 6.04 Å². The molecular formula is C9H17N5. The molecule has 14 heavy (non-hydrogen) atoms. The lowest BCUT2D eigenvalue weighted by Gasteiger charge is -2.22. The van der Waals surface area contributed by atoms with E-state index in [1.54, 1.807) is 0 Å². The monoisotopic (exact) mass is 195 g/mol. The molecule has 1 aliphatic rings. The molecule has 1 heterocycles. The summed E-state index contributed by atoms with van der Waals surface area (Å²) in [6.07, 6.45) is 6.27. The van der Waals surface area contributed by atoms with Crippen LogP contribution in [0.3, 0.4) is 0 Å². The molecule has 1 aliphatic carbocycles. The van der Waals surface area contributed by atoms with Crippen LogP contribution in [0, 0.1) is 0 Å². The van der Waals surface area contributed by atoms with Crippen molar-refractivity contribution >= 4 is 0 Å². The summed E-state index contributed by atoms with van der Waals surface area (Å²) in [5, 5.41) is 11.7. The topological polar surface area (TPSA) is 69.6 Å². The first-order valence-electron chi connectivity index (χ1n) is 5.32. The fourth-order valence-electron chi connectivity index (χ4n) is 2.09. The molecule has 1 aromatic heterocycles. The van der Waals surface area contributed by atoms with Crippen molar-refractivity contribution in [3.63, 3.8) is 0 Å². The van der Waals surface area contributed by atoms with E-state index >= 15 is 0 Å². The van der Waals surface area contributed by atoms with E-state index in [0.717, 1.165) is 5.82 Å². The maximum absolute atomic E-state index is 5.80. The van der Waals surface area contributed by atoms with Gasteiger partial charge in [0.25, 0.3) is 0 Å². The van der Waals surface area contributed by atoms with Gasteiger partial charge in [0.05, 0.1) is 12.1 Å². The van der Waals surface area contributed by atoms with E-state index in [9.17, 15) is 0 Å². The molecular weight excluding hydrogens is 178 g/mol. The lowest BCUT2D eigenvalue weighted by Crippen LogP contribution is -2.20. The van der Waals surface area contributed by atoms with Crippen LogP contribution in [0.4, 0.5) is 0 Å². The minimum absolute atomic E-state index is 0.0769. The maximum Gasteiger partial charge on any atom is 0.167 e. The number of nitrogens with two attached hydrogens (primary N) is 1. The van der Waals surface area contributed by atoms with Gasteiger partial charge < -0.3 is 5.73 Å². The van der Waals surface area contributed by atoms with Gasteiger partial charge in [-0.05, 0) is 30.2 Å². The Kier molecular flexibility index (Phi) is 2.77. The van der Waals surface area contributed by atoms with E-state index in [1.807, 2.05) is 11.6 Å². The van der Waals surface area contributed by atoms with Crippen molar-refractivity contribution in [2.75, 3.05) is 0 Å². The highest BCUT2D eigenvalue weighted by molar-refractivity contribution is 4.90. The first-order valence-corrected chi connectivity index (χ1v) is 5.32. The smallest absolute Gasteiger partial charge is 0.167 e. The molecule has 0 aliphatic heterocycles. The molecule has 0 amide bonds. The predicted molar refractivity (Wildman–Crippen MR) is 52.5 cm³/mol. The second kappa shape index (κ2) is 4.04. The highest BCUT2D eigenvalue weighted by Gasteiger charge is 2.21. The Bertz CT molecular complexity index is 287. The van der Waals surface area contributed by atoms with Crippen LogP contribution in [0.25, 0.3) is 0 Å². The Balaban J connectivity index is 2.17. The lowest BCUT2D eigenvalue weighted by molar-refractivity contribution is 0.313. The summed E-state index contributed by atoms with van der Waals surface area (Å²) in [5.74, 6) is 0.817. The average molecular weight is 195 g/mol. The number of hydrogen-bond acceptors (Lipinski definition) is 4. The van der Waals surface area contributed by atoms with E-state index in [0.29, 0.717) is 6.04 Å². The molecule has 0 radical (unpaired) electrons. The van der Waals surface area contributed by atoms with Gasteiger partial charge in [-0.3, -0.25) is 0 Å². The first-order chi connectivity index (χ1) is 6.79. The normalized spacial score (nSPS) is 21.0. The molecule has 1 aromatic rings. The van der Waals surface area contributed by atoms with Crippen LogP contribution >= 0.6 is 0 Å². The van der Waals surface area contributed by atoms with Crippen LogP contribution in [-0.2, 0) is 0 Å². The van der Waals surface area contributed by atoms with E-state index in [2.05, 4.69) is 15.5 Å². The number of rotatable bonds is 2. The molecule has 0 spiro atoms. The lowest BCUT2D eigenvalue weighted by atomic mass is 9.95. The third-order valence-corrected chi connectivity index (χ3v) is 2.85. The minimum atomic E-state index is -0.0769. The number of nitrogens with zero attached hydrogens (tertiary/aromatic N) is 4. The van der Waals surface area contributed by atoms with Crippen molar-refractivity contribution in [2.24, 2.45) is 5.73 Å². The van der Waals surface area contributed by atoms with Crippen molar-refractivity contribution in [1.82, 2.24) is 20.2 Å². The first kappa shape index (κ1) is 9.58. The zero-order chi connectivity index (χ0) is 9.97. The zero-order valence-corrected chi connectivity index (χ0v) is 8.56. The zero-order valence-electron chi connectivity index (χ0n) is 8.56. The van der Waals surface area contributed by atoms with Crippen LogP contribution in [0.15, 0.2) is 0 Å². The summed E-state index contributed by atoms with van der Waals surface area (Å²) in [6.45, 7) is 1.92. The summed E-state index contributed by atoms with van der Waals surface area (Å²) in [5.41, 5.74) is 5.80. The van der Waals surface area contributed by atoms with Crippen LogP contribution in [-0.4, -0.2) is 20.2 Å².